The van der Waals surface area contributed by atoms with Crippen molar-refractivity contribution in [3.8, 4) is 0 Å². The Labute approximate surface area is 176 Å². The van der Waals surface area contributed by atoms with Crippen LogP contribution in [0.15, 0.2) is 53.4 Å². The summed E-state index contributed by atoms with van der Waals surface area (Å²) in [7, 11) is -3.76. The molecule has 0 amide bonds. The zero-order valence-electron chi connectivity index (χ0n) is 17.3. The van der Waals surface area contributed by atoms with Crippen LogP contribution >= 0.6 is 0 Å². The van der Waals surface area contributed by atoms with Crippen molar-refractivity contribution in [3.63, 3.8) is 0 Å². The SMILES string of the molecule is CC(C)(C)OC(=O)COC(=O)c1ccc(S(=O)(=O)N2CCCc3ccccc32)cc1. The lowest BCUT2D eigenvalue weighted by Gasteiger charge is -2.30. The minimum absolute atomic E-state index is 0.0860. The molecular formula is C22H25NO6S. The summed E-state index contributed by atoms with van der Waals surface area (Å²) in [5, 5.41) is 0. The Bertz CT molecular complexity index is 1040. The van der Waals surface area contributed by atoms with Gasteiger partial charge < -0.3 is 9.47 Å². The molecule has 2 aromatic carbocycles. The molecule has 0 aliphatic carbocycles. The fourth-order valence-electron chi connectivity index (χ4n) is 3.22. The van der Waals surface area contributed by atoms with Gasteiger partial charge in [0.25, 0.3) is 10.0 Å². The Morgan fingerprint density at radius 1 is 1.03 bits per heavy atom. The van der Waals surface area contributed by atoms with E-state index in [9.17, 15) is 18.0 Å². The average molecular weight is 432 g/mol. The predicted octanol–water partition coefficient (Wildman–Crippen LogP) is 3.33. The lowest BCUT2D eigenvalue weighted by Crippen LogP contribution is -2.35. The summed E-state index contributed by atoms with van der Waals surface area (Å²) >= 11 is 0. The molecule has 0 bridgehead atoms. The number of rotatable bonds is 5. The highest BCUT2D eigenvalue weighted by molar-refractivity contribution is 7.92. The molecule has 2 aromatic rings. The molecule has 7 nitrogen and oxygen atoms in total. The van der Waals surface area contributed by atoms with E-state index in [1.807, 2.05) is 18.2 Å². The van der Waals surface area contributed by atoms with Crippen molar-refractivity contribution < 1.29 is 27.5 Å². The monoisotopic (exact) mass is 431 g/mol. The Morgan fingerprint density at radius 3 is 2.37 bits per heavy atom. The van der Waals surface area contributed by atoms with Gasteiger partial charge in [-0.1, -0.05) is 18.2 Å². The van der Waals surface area contributed by atoms with E-state index in [4.69, 9.17) is 9.47 Å². The van der Waals surface area contributed by atoms with Crippen LogP contribution in [-0.4, -0.2) is 39.1 Å². The molecule has 0 unspecified atom stereocenters. The van der Waals surface area contributed by atoms with Crippen molar-refractivity contribution in [1.29, 1.82) is 0 Å². The summed E-state index contributed by atoms with van der Waals surface area (Å²) in [5.74, 6) is -1.38. The van der Waals surface area contributed by atoms with E-state index < -0.39 is 34.2 Å². The molecule has 0 fully saturated rings. The molecule has 0 aromatic heterocycles. The molecule has 0 atom stereocenters. The van der Waals surface area contributed by atoms with E-state index in [-0.39, 0.29) is 10.5 Å². The van der Waals surface area contributed by atoms with Gasteiger partial charge in [0.05, 0.1) is 16.1 Å². The predicted molar refractivity (Wildman–Crippen MR) is 112 cm³/mol. The Balaban J connectivity index is 1.71. The maximum absolute atomic E-state index is 13.1. The third-order valence-electron chi connectivity index (χ3n) is 4.49. The first-order valence-corrected chi connectivity index (χ1v) is 11.1. The quantitative estimate of drug-likeness (QED) is 0.675. The molecule has 1 aliphatic heterocycles. The maximum atomic E-state index is 13.1. The standard InChI is InChI=1S/C22H25NO6S/c1-22(2,3)29-20(24)15-28-21(25)17-10-12-18(13-11-17)30(26,27)23-14-6-8-16-7-4-5-9-19(16)23/h4-5,7,9-13H,6,8,14-15H2,1-3H3. The van der Waals surface area contributed by atoms with Crippen molar-refractivity contribution in [2.45, 2.75) is 44.1 Å². The largest absolute Gasteiger partial charge is 0.457 e. The molecule has 1 heterocycles. The van der Waals surface area contributed by atoms with Gasteiger partial charge in [-0.05, 0) is 69.5 Å². The van der Waals surface area contributed by atoms with Gasteiger partial charge in [0.1, 0.15) is 5.60 Å². The highest BCUT2D eigenvalue weighted by Crippen LogP contribution is 2.31. The first-order chi connectivity index (χ1) is 14.1. The summed E-state index contributed by atoms with van der Waals surface area (Å²) in [4.78, 5) is 23.9. The first kappa shape index (κ1) is 21.8. The zero-order chi connectivity index (χ0) is 21.9. The molecule has 0 spiro atoms. The minimum Gasteiger partial charge on any atom is -0.457 e. The van der Waals surface area contributed by atoms with E-state index in [1.54, 1.807) is 26.8 Å². The number of ether oxygens (including phenoxy) is 2. The molecule has 30 heavy (non-hydrogen) atoms. The van der Waals surface area contributed by atoms with Gasteiger partial charge in [-0.3, -0.25) is 4.31 Å². The van der Waals surface area contributed by atoms with Crippen LogP contribution in [0.25, 0.3) is 0 Å². The van der Waals surface area contributed by atoms with Crippen LogP contribution in [-0.2, 0) is 30.7 Å². The Morgan fingerprint density at radius 2 is 1.70 bits per heavy atom. The summed E-state index contributed by atoms with van der Waals surface area (Å²) in [5.41, 5.74) is 1.16. The van der Waals surface area contributed by atoms with Crippen molar-refractivity contribution in [2.24, 2.45) is 0 Å². The number of hydrogen-bond donors (Lipinski definition) is 0. The van der Waals surface area contributed by atoms with Gasteiger partial charge in [-0.25, -0.2) is 18.0 Å². The van der Waals surface area contributed by atoms with Crippen LogP contribution in [0.4, 0.5) is 5.69 Å². The number of aryl methyl sites for hydroxylation is 1. The molecule has 0 saturated heterocycles. The molecular weight excluding hydrogens is 406 g/mol. The van der Waals surface area contributed by atoms with Gasteiger partial charge in [-0.15, -0.1) is 0 Å². The third-order valence-corrected chi connectivity index (χ3v) is 6.31. The topological polar surface area (TPSA) is 90.0 Å². The van der Waals surface area contributed by atoms with Gasteiger partial charge in [-0.2, -0.15) is 0 Å². The maximum Gasteiger partial charge on any atom is 0.344 e. The lowest BCUT2D eigenvalue weighted by atomic mass is 10.0. The number of para-hydroxylation sites is 1. The molecule has 3 rings (SSSR count). The van der Waals surface area contributed by atoms with Crippen LogP contribution in [0.1, 0.15) is 43.1 Å². The van der Waals surface area contributed by atoms with Crippen LogP contribution in [0.3, 0.4) is 0 Å². The van der Waals surface area contributed by atoms with E-state index in [0.29, 0.717) is 12.2 Å². The van der Waals surface area contributed by atoms with E-state index in [1.165, 1.54) is 28.6 Å². The van der Waals surface area contributed by atoms with Gasteiger partial charge >= 0.3 is 11.9 Å². The van der Waals surface area contributed by atoms with Crippen molar-refractivity contribution in [2.75, 3.05) is 17.5 Å². The average Bonchev–Trinajstić information content (AvgIpc) is 2.70. The second-order valence-electron chi connectivity index (χ2n) is 8.00. The number of fused-ring (bicyclic) bond motifs is 1. The van der Waals surface area contributed by atoms with Crippen molar-refractivity contribution in [1.82, 2.24) is 0 Å². The van der Waals surface area contributed by atoms with Crippen LogP contribution in [0.5, 0.6) is 0 Å². The van der Waals surface area contributed by atoms with Crippen molar-refractivity contribution in [3.05, 3.63) is 59.7 Å². The minimum atomic E-state index is -3.76. The smallest absolute Gasteiger partial charge is 0.344 e. The summed E-state index contributed by atoms with van der Waals surface area (Å²) in [6, 6.07) is 12.9. The number of sulfonamides is 1. The summed E-state index contributed by atoms with van der Waals surface area (Å²) < 4.78 is 37.7. The zero-order valence-corrected chi connectivity index (χ0v) is 18.1. The molecule has 1 aliphatic rings. The fourth-order valence-corrected chi connectivity index (χ4v) is 4.76. The van der Waals surface area contributed by atoms with Crippen LogP contribution < -0.4 is 4.31 Å². The number of anilines is 1. The number of hydrogen-bond acceptors (Lipinski definition) is 6. The second kappa shape index (κ2) is 8.47. The molecule has 160 valence electrons. The Hall–Kier alpha value is -2.87. The van der Waals surface area contributed by atoms with Gasteiger partial charge in [0, 0.05) is 6.54 Å². The highest BCUT2D eigenvalue weighted by atomic mass is 32.2. The van der Waals surface area contributed by atoms with Gasteiger partial charge in [0.2, 0.25) is 0 Å². The first-order valence-electron chi connectivity index (χ1n) is 9.67. The molecule has 0 N–H and O–H groups in total. The van der Waals surface area contributed by atoms with Crippen molar-refractivity contribution >= 4 is 27.6 Å². The summed E-state index contributed by atoms with van der Waals surface area (Å²) in [6.07, 6.45) is 1.58. The van der Waals surface area contributed by atoms with Gasteiger partial charge in [0.15, 0.2) is 6.61 Å². The molecule has 0 saturated carbocycles. The second-order valence-corrected chi connectivity index (χ2v) is 9.86. The number of benzene rings is 2. The number of carbonyl (C=O) groups is 2. The summed E-state index contributed by atoms with van der Waals surface area (Å²) in [6.45, 7) is 5.03. The number of esters is 2. The van der Waals surface area contributed by atoms with E-state index in [0.717, 1.165) is 18.4 Å². The Kier molecular flexibility index (Phi) is 6.17. The fraction of sp³-hybridized carbons (Fsp3) is 0.364. The van der Waals surface area contributed by atoms with Crippen LogP contribution in [0, 0.1) is 0 Å². The van der Waals surface area contributed by atoms with E-state index in [2.05, 4.69) is 0 Å². The molecule has 0 radical (unpaired) electrons. The van der Waals surface area contributed by atoms with E-state index >= 15 is 0 Å². The lowest BCUT2D eigenvalue weighted by molar-refractivity contribution is -0.158. The number of carbonyl (C=O) groups excluding carboxylic acids is 2. The highest BCUT2D eigenvalue weighted by Gasteiger charge is 2.29. The normalized spacial score (nSPS) is 14.0. The third kappa shape index (κ3) is 4.99. The molecule has 8 heteroatoms. The number of nitrogens with zero attached hydrogens (tertiary/aromatic N) is 1. The van der Waals surface area contributed by atoms with Crippen LogP contribution in [0.2, 0.25) is 0 Å².